The third-order valence-corrected chi connectivity index (χ3v) is 9.40. The van der Waals surface area contributed by atoms with E-state index in [2.05, 4.69) is 6.92 Å². The van der Waals surface area contributed by atoms with Crippen molar-refractivity contribution >= 4 is 23.7 Å². The van der Waals surface area contributed by atoms with Crippen molar-refractivity contribution in [2.24, 2.45) is 34.5 Å². The van der Waals surface area contributed by atoms with Gasteiger partial charge in [-0.2, -0.15) is 0 Å². The Kier molecular flexibility index (Phi) is 7.97. The Morgan fingerprint density at radius 1 is 0.757 bits per heavy atom. The molecule has 4 aliphatic rings. The minimum Gasteiger partial charge on any atom is -0.454 e. The molecule has 0 saturated heterocycles. The minimum atomic E-state index is -1.10. The molecule has 0 radical (unpaired) electrons. The first-order valence-electron chi connectivity index (χ1n) is 13.2. The van der Waals surface area contributed by atoms with Crippen molar-refractivity contribution in [2.75, 3.05) is 0 Å². The molecule has 37 heavy (non-hydrogen) atoms. The van der Waals surface area contributed by atoms with Gasteiger partial charge in [0, 0.05) is 39.9 Å². The van der Waals surface area contributed by atoms with Gasteiger partial charge in [-0.15, -0.1) is 0 Å². The second kappa shape index (κ2) is 10.2. The molecule has 0 heterocycles. The van der Waals surface area contributed by atoms with Gasteiger partial charge in [-0.3, -0.25) is 4.79 Å². The number of ether oxygens (including phenoxy) is 3. The van der Waals surface area contributed by atoms with E-state index in [1.165, 1.54) is 0 Å². The van der Waals surface area contributed by atoms with Crippen molar-refractivity contribution in [1.82, 2.24) is 0 Å². The van der Waals surface area contributed by atoms with E-state index in [1.54, 1.807) is 59.8 Å². The van der Waals surface area contributed by atoms with Crippen LogP contribution in [0.1, 0.15) is 75.7 Å². The number of carbonyl (C=O) groups excluding carboxylic acids is 4. The van der Waals surface area contributed by atoms with E-state index < -0.39 is 53.0 Å². The number of allylic oxidation sites excluding steroid dienone is 3. The van der Waals surface area contributed by atoms with Crippen LogP contribution in [0.2, 0.25) is 0 Å². The number of hydrogen-bond donors (Lipinski definition) is 0. The van der Waals surface area contributed by atoms with Crippen molar-refractivity contribution in [3.05, 3.63) is 34.9 Å². The lowest BCUT2D eigenvalue weighted by atomic mass is 9.35. The summed E-state index contributed by atoms with van der Waals surface area (Å²) in [5.74, 6) is -2.01. The number of fused-ring (bicyclic) bond motifs is 3. The summed E-state index contributed by atoms with van der Waals surface area (Å²) in [6.07, 6.45) is 2.39. The fourth-order valence-corrected chi connectivity index (χ4v) is 7.06. The first-order valence-corrected chi connectivity index (χ1v) is 13.2. The summed E-state index contributed by atoms with van der Waals surface area (Å²) in [5, 5.41) is 0. The molecule has 0 aromatic heterocycles. The molecule has 0 aliphatic heterocycles. The molecule has 4 saturated carbocycles. The molecular formula is C30H42O7. The fraction of sp³-hybridized carbons (Fsp3) is 0.667. The van der Waals surface area contributed by atoms with E-state index in [1.807, 2.05) is 20.8 Å². The Labute approximate surface area is 220 Å². The Balaban J connectivity index is 2.26. The second-order valence-electron chi connectivity index (χ2n) is 11.8. The number of hydrogen-bond acceptors (Lipinski definition) is 7. The van der Waals surface area contributed by atoms with Crippen molar-refractivity contribution < 1.29 is 33.4 Å². The molecule has 0 N–H and O–H groups in total. The van der Waals surface area contributed by atoms with E-state index >= 15 is 0 Å². The highest BCUT2D eigenvalue weighted by molar-refractivity contribution is 5.90. The molecule has 0 amide bonds. The molecular weight excluding hydrogens is 472 g/mol. The summed E-state index contributed by atoms with van der Waals surface area (Å²) in [7, 11) is 0. The normalized spacial score (nSPS) is 37.2. The van der Waals surface area contributed by atoms with Gasteiger partial charge < -0.3 is 14.2 Å². The minimum absolute atomic E-state index is 0.0180. The lowest BCUT2D eigenvalue weighted by Crippen LogP contribution is -2.71. The third-order valence-electron chi connectivity index (χ3n) is 9.40. The summed E-state index contributed by atoms with van der Waals surface area (Å²) in [5.41, 5.74) is -0.314. The van der Waals surface area contributed by atoms with Crippen LogP contribution in [-0.2, 0) is 33.4 Å². The largest absolute Gasteiger partial charge is 0.454 e. The highest BCUT2D eigenvalue weighted by Crippen LogP contribution is 2.73. The standard InChI is InChI=1S/C30H42O7/c1-11-15(4)26(32)35-23-24(36-27(33)16(5)12-2)29(8,9)22-20-18(7)14-19(31)21(22)30(20,10)25(23)37-28(34)17(6)13-3/h11-13,18,20-25H,14H2,1-10H3. The zero-order chi connectivity index (χ0) is 28.0. The maximum atomic E-state index is 13.5. The first-order chi connectivity index (χ1) is 17.2. The van der Waals surface area contributed by atoms with Crippen molar-refractivity contribution in [3.8, 4) is 0 Å². The molecule has 8 unspecified atom stereocenters. The van der Waals surface area contributed by atoms with Crippen LogP contribution in [0.25, 0.3) is 0 Å². The van der Waals surface area contributed by atoms with Gasteiger partial charge in [0.25, 0.3) is 0 Å². The second-order valence-corrected chi connectivity index (χ2v) is 11.8. The average Bonchev–Trinajstić information content (AvgIpc) is 2.93. The molecule has 0 spiro atoms. The van der Waals surface area contributed by atoms with E-state index in [0.29, 0.717) is 23.1 Å². The summed E-state index contributed by atoms with van der Waals surface area (Å²) >= 11 is 0. The number of esters is 3. The van der Waals surface area contributed by atoms with Gasteiger partial charge in [-0.1, -0.05) is 45.9 Å². The summed E-state index contributed by atoms with van der Waals surface area (Å²) in [6.45, 7) is 18.1. The van der Waals surface area contributed by atoms with Gasteiger partial charge in [-0.25, -0.2) is 14.4 Å². The van der Waals surface area contributed by atoms with Gasteiger partial charge in [0.05, 0.1) is 0 Å². The van der Waals surface area contributed by atoms with E-state index in [-0.39, 0.29) is 23.5 Å². The SMILES string of the molecule is CC=C(C)C(=O)OC1C(OC(=O)C(C)=CC)C(C)(C)C2C3C(=O)CC(C)C2C3(C)C1OC(=O)C(C)=CC. The quantitative estimate of drug-likeness (QED) is 0.275. The van der Waals surface area contributed by atoms with Gasteiger partial charge in [0.1, 0.15) is 18.0 Å². The van der Waals surface area contributed by atoms with Crippen LogP contribution in [0.4, 0.5) is 0 Å². The molecule has 7 nitrogen and oxygen atoms in total. The predicted octanol–water partition coefficient (Wildman–Crippen LogP) is 5.14. The Hall–Kier alpha value is -2.70. The number of rotatable bonds is 6. The fourth-order valence-electron chi connectivity index (χ4n) is 7.06. The van der Waals surface area contributed by atoms with Crippen molar-refractivity contribution in [2.45, 2.75) is 94.0 Å². The monoisotopic (exact) mass is 514 g/mol. The van der Waals surface area contributed by atoms with Crippen LogP contribution in [0, 0.1) is 34.5 Å². The molecule has 7 heteroatoms. The lowest BCUT2D eigenvalue weighted by Gasteiger charge is -2.68. The molecule has 8 atom stereocenters. The van der Waals surface area contributed by atoms with Crippen LogP contribution < -0.4 is 0 Å². The summed E-state index contributed by atoms with van der Waals surface area (Å²) in [4.78, 5) is 52.9. The van der Waals surface area contributed by atoms with E-state index in [4.69, 9.17) is 14.2 Å². The molecule has 4 bridgehead atoms. The van der Waals surface area contributed by atoms with Gasteiger partial charge in [0.15, 0.2) is 6.10 Å². The van der Waals surface area contributed by atoms with E-state index in [9.17, 15) is 19.2 Å². The van der Waals surface area contributed by atoms with Gasteiger partial charge in [0.2, 0.25) is 0 Å². The van der Waals surface area contributed by atoms with Gasteiger partial charge in [-0.05, 0) is 59.3 Å². The molecule has 204 valence electrons. The number of ketones is 1. The van der Waals surface area contributed by atoms with Gasteiger partial charge >= 0.3 is 17.9 Å². The van der Waals surface area contributed by atoms with Crippen LogP contribution in [0.15, 0.2) is 34.9 Å². The van der Waals surface area contributed by atoms with Crippen LogP contribution in [0.5, 0.6) is 0 Å². The zero-order valence-electron chi connectivity index (χ0n) is 23.8. The van der Waals surface area contributed by atoms with Crippen LogP contribution in [0.3, 0.4) is 0 Å². The summed E-state index contributed by atoms with van der Waals surface area (Å²) < 4.78 is 18.4. The van der Waals surface area contributed by atoms with Crippen LogP contribution >= 0.6 is 0 Å². The van der Waals surface area contributed by atoms with E-state index in [0.717, 1.165) is 0 Å². The summed E-state index contributed by atoms with van der Waals surface area (Å²) in [6, 6.07) is 0. The zero-order valence-corrected chi connectivity index (χ0v) is 23.8. The smallest absolute Gasteiger partial charge is 0.333 e. The lowest BCUT2D eigenvalue weighted by molar-refractivity contribution is -0.242. The molecule has 0 aromatic carbocycles. The molecule has 4 fully saturated rings. The van der Waals surface area contributed by atoms with Crippen LogP contribution in [-0.4, -0.2) is 42.0 Å². The Bertz CT molecular complexity index is 1080. The average molecular weight is 515 g/mol. The number of carbonyl (C=O) groups is 4. The third kappa shape index (κ3) is 4.48. The van der Waals surface area contributed by atoms with Crippen molar-refractivity contribution in [1.29, 1.82) is 0 Å². The Morgan fingerprint density at radius 3 is 1.62 bits per heavy atom. The molecule has 4 rings (SSSR count). The highest BCUT2D eigenvalue weighted by Gasteiger charge is 2.78. The molecule has 0 aromatic rings. The number of Topliss-reactive ketones (excluding diaryl/α,β-unsaturated/α-hetero) is 1. The topological polar surface area (TPSA) is 96.0 Å². The van der Waals surface area contributed by atoms with Crippen molar-refractivity contribution in [3.63, 3.8) is 0 Å². The maximum Gasteiger partial charge on any atom is 0.333 e. The molecule has 4 aliphatic carbocycles. The first kappa shape index (κ1) is 28.9. The highest BCUT2D eigenvalue weighted by atomic mass is 16.6. The Morgan fingerprint density at radius 2 is 1.19 bits per heavy atom. The maximum absolute atomic E-state index is 13.5. The predicted molar refractivity (Wildman–Crippen MR) is 139 cm³/mol.